The number of likely N-dealkylation sites (tertiary alicyclic amines) is 1. The molecular formula is C21H31N3O2. The van der Waals surface area contributed by atoms with Gasteiger partial charge in [0.1, 0.15) is 0 Å². The van der Waals surface area contributed by atoms with Crippen molar-refractivity contribution in [2.45, 2.75) is 40.0 Å². The van der Waals surface area contributed by atoms with Gasteiger partial charge in [-0.15, -0.1) is 0 Å². The molecule has 0 spiro atoms. The molecule has 2 fully saturated rings. The molecule has 3 rings (SSSR count). The maximum atomic E-state index is 12.9. The Bertz CT molecular complexity index is 669. The molecule has 2 aliphatic rings. The molecular weight excluding hydrogens is 326 g/mol. The first-order chi connectivity index (χ1) is 12.4. The summed E-state index contributed by atoms with van der Waals surface area (Å²) in [6.07, 6.45) is 2.43. The second-order valence-corrected chi connectivity index (χ2v) is 7.98. The van der Waals surface area contributed by atoms with Crippen molar-refractivity contribution in [3.8, 4) is 0 Å². The zero-order chi connectivity index (χ0) is 18.8. The Hall–Kier alpha value is -1.88. The minimum atomic E-state index is -0.205. The first-order valence-electron chi connectivity index (χ1n) is 9.72. The fourth-order valence-electron chi connectivity index (χ4n) is 4.59. The number of hydrogen-bond acceptors (Lipinski definition) is 3. The van der Waals surface area contributed by atoms with Crippen LogP contribution in [0.5, 0.6) is 0 Å². The highest BCUT2D eigenvalue weighted by Gasteiger charge is 2.38. The van der Waals surface area contributed by atoms with Gasteiger partial charge in [0.25, 0.3) is 0 Å². The summed E-state index contributed by atoms with van der Waals surface area (Å²) in [5.41, 5.74) is 4.41. The monoisotopic (exact) mass is 357 g/mol. The Morgan fingerprint density at radius 3 is 2.35 bits per heavy atom. The van der Waals surface area contributed by atoms with E-state index in [2.05, 4.69) is 24.4 Å². The van der Waals surface area contributed by atoms with E-state index in [0.29, 0.717) is 18.9 Å². The molecule has 2 saturated heterocycles. The first kappa shape index (κ1) is 18.9. The van der Waals surface area contributed by atoms with Gasteiger partial charge in [-0.25, -0.2) is 0 Å². The van der Waals surface area contributed by atoms with Crippen LogP contribution in [0.4, 0.5) is 5.69 Å². The number of rotatable bonds is 4. The van der Waals surface area contributed by atoms with Crippen LogP contribution in [0.3, 0.4) is 0 Å². The molecule has 26 heavy (non-hydrogen) atoms. The van der Waals surface area contributed by atoms with Crippen LogP contribution in [0.15, 0.2) is 12.1 Å². The first-order valence-corrected chi connectivity index (χ1v) is 9.72. The summed E-state index contributed by atoms with van der Waals surface area (Å²) < 4.78 is 0. The van der Waals surface area contributed by atoms with Crippen LogP contribution in [0.1, 0.15) is 36.0 Å². The SMILES string of the molecule is CNCC1CCN(C(=O)C2CC(=O)N(c3c(C)cc(C)cc3C)C2)CC1. The molecule has 5 nitrogen and oxygen atoms in total. The normalized spacial score (nSPS) is 21.5. The third kappa shape index (κ3) is 3.78. The van der Waals surface area contributed by atoms with Crippen molar-refractivity contribution in [2.24, 2.45) is 11.8 Å². The molecule has 2 aliphatic heterocycles. The van der Waals surface area contributed by atoms with E-state index in [4.69, 9.17) is 0 Å². The topological polar surface area (TPSA) is 52.7 Å². The zero-order valence-electron chi connectivity index (χ0n) is 16.5. The van der Waals surface area contributed by atoms with Crippen molar-refractivity contribution in [3.05, 3.63) is 28.8 Å². The summed E-state index contributed by atoms with van der Waals surface area (Å²) in [6, 6.07) is 4.22. The second-order valence-electron chi connectivity index (χ2n) is 7.98. The van der Waals surface area contributed by atoms with Gasteiger partial charge in [0.15, 0.2) is 0 Å². The molecule has 0 bridgehead atoms. The standard InChI is InChI=1S/C21H31N3O2/c1-14-9-15(2)20(16(3)10-14)24-13-18(11-19(24)25)21(26)23-7-5-17(6-8-23)12-22-4/h9-10,17-18,22H,5-8,11-13H2,1-4H3. The van der Waals surface area contributed by atoms with Crippen LogP contribution in [0, 0.1) is 32.6 Å². The van der Waals surface area contributed by atoms with Crippen molar-refractivity contribution in [1.82, 2.24) is 10.2 Å². The fraction of sp³-hybridized carbons (Fsp3) is 0.619. The van der Waals surface area contributed by atoms with E-state index in [1.807, 2.05) is 30.7 Å². The molecule has 2 heterocycles. The number of amides is 2. The highest BCUT2D eigenvalue weighted by Crippen LogP contribution is 2.33. The molecule has 142 valence electrons. The smallest absolute Gasteiger partial charge is 0.228 e. The molecule has 1 N–H and O–H groups in total. The van der Waals surface area contributed by atoms with E-state index >= 15 is 0 Å². The Balaban J connectivity index is 1.68. The van der Waals surface area contributed by atoms with Gasteiger partial charge in [0.05, 0.1) is 5.92 Å². The van der Waals surface area contributed by atoms with Gasteiger partial charge >= 0.3 is 0 Å². The average Bonchev–Trinajstić information content (AvgIpc) is 2.96. The van der Waals surface area contributed by atoms with E-state index in [-0.39, 0.29) is 17.7 Å². The van der Waals surface area contributed by atoms with Gasteiger partial charge in [-0.3, -0.25) is 9.59 Å². The summed E-state index contributed by atoms with van der Waals surface area (Å²) >= 11 is 0. The van der Waals surface area contributed by atoms with Crippen molar-refractivity contribution in [3.63, 3.8) is 0 Å². The summed E-state index contributed by atoms with van der Waals surface area (Å²) in [4.78, 5) is 29.4. The second kappa shape index (κ2) is 7.78. The predicted molar refractivity (Wildman–Crippen MR) is 104 cm³/mol. The number of aryl methyl sites for hydroxylation is 3. The quantitative estimate of drug-likeness (QED) is 0.900. The maximum absolute atomic E-state index is 12.9. The van der Waals surface area contributed by atoms with Gasteiger partial charge in [-0.2, -0.15) is 0 Å². The lowest BCUT2D eigenvalue weighted by Gasteiger charge is -2.33. The third-order valence-corrected chi connectivity index (χ3v) is 5.80. The highest BCUT2D eigenvalue weighted by atomic mass is 16.2. The molecule has 1 atom stereocenters. The van der Waals surface area contributed by atoms with Crippen LogP contribution in [-0.2, 0) is 9.59 Å². The summed E-state index contributed by atoms with van der Waals surface area (Å²) in [5, 5.41) is 3.23. The van der Waals surface area contributed by atoms with Crippen molar-refractivity contribution in [1.29, 1.82) is 0 Å². The molecule has 0 aromatic heterocycles. The summed E-state index contributed by atoms with van der Waals surface area (Å²) in [6.45, 7) is 9.33. The number of carbonyl (C=O) groups is 2. The highest BCUT2D eigenvalue weighted by molar-refractivity contribution is 6.01. The van der Waals surface area contributed by atoms with Crippen LogP contribution < -0.4 is 10.2 Å². The van der Waals surface area contributed by atoms with Gasteiger partial charge in [0, 0.05) is 31.7 Å². The van der Waals surface area contributed by atoms with Crippen molar-refractivity contribution in [2.75, 3.05) is 38.1 Å². The Morgan fingerprint density at radius 1 is 1.15 bits per heavy atom. The molecule has 0 radical (unpaired) electrons. The molecule has 5 heteroatoms. The minimum Gasteiger partial charge on any atom is -0.342 e. The molecule has 0 saturated carbocycles. The van der Waals surface area contributed by atoms with Crippen LogP contribution in [0.2, 0.25) is 0 Å². The molecule has 1 aromatic carbocycles. The average molecular weight is 357 g/mol. The number of anilines is 1. The van der Waals surface area contributed by atoms with E-state index in [0.717, 1.165) is 49.3 Å². The van der Waals surface area contributed by atoms with Crippen LogP contribution in [-0.4, -0.2) is 49.9 Å². The largest absolute Gasteiger partial charge is 0.342 e. The third-order valence-electron chi connectivity index (χ3n) is 5.80. The Labute approximate surface area is 156 Å². The zero-order valence-corrected chi connectivity index (χ0v) is 16.5. The minimum absolute atomic E-state index is 0.0727. The summed E-state index contributed by atoms with van der Waals surface area (Å²) in [5.74, 6) is 0.682. The number of benzene rings is 1. The number of carbonyl (C=O) groups excluding carboxylic acids is 2. The maximum Gasteiger partial charge on any atom is 0.228 e. The fourth-order valence-corrected chi connectivity index (χ4v) is 4.59. The van der Waals surface area contributed by atoms with Gasteiger partial charge < -0.3 is 15.1 Å². The van der Waals surface area contributed by atoms with E-state index in [1.54, 1.807) is 0 Å². The van der Waals surface area contributed by atoms with Crippen LogP contribution in [0.25, 0.3) is 0 Å². The number of nitrogens with one attached hydrogen (secondary N) is 1. The lowest BCUT2D eigenvalue weighted by atomic mass is 9.95. The van der Waals surface area contributed by atoms with Crippen molar-refractivity contribution >= 4 is 17.5 Å². The van der Waals surface area contributed by atoms with E-state index < -0.39 is 0 Å². The number of nitrogens with zero attached hydrogens (tertiary/aromatic N) is 2. The van der Waals surface area contributed by atoms with Gasteiger partial charge in [0.2, 0.25) is 11.8 Å². The van der Waals surface area contributed by atoms with Crippen LogP contribution >= 0.6 is 0 Å². The molecule has 0 aliphatic carbocycles. The number of hydrogen-bond donors (Lipinski definition) is 1. The lowest BCUT2D eigenvalue weighted by molar-refractivity contribution is -0.137. The van der Waals surface area contributed by atoms with Gasteiger partial charge in [-0.1, -0.05) is 17.7 Å². The molecule has 2 amide bonds. The molecule has 1 aromatic rings. The van der Waals surface area contributed by atoms with Gasteiger partial charge in [-0.05, 0) is 64.3 Å². The predicted octanol–water partition coefficient (Wildman–Crippen LogP) is 2.42. The Morgan fingerprint density at radius 2 is 1.77 bits per heavy atom. The van der Waals surface area contributed by atoms with E-state index in [1.165, 1.54) is 5.56 Å². The number of piperidine rings is 1. The van der Waals surface area contributed by atoms with E-state index in [9.17, 15) is 9.59 Å². The Kier molecular flexibility index (Phi) is 5.66. The summed E-state index contributed by atoms with van der Waals surface area (Å²) in [7, 11) is 1.98. The molecule has 1 unspecified atom stereocenters. The lowest BCUT2D eigenvalue weighted by Crippen LogP contribution is -2.43. The van der Waals surface area contributed by atoms with Crippen molar-refractivity contribution < 1.29 is 9.59 Å².